The zero-order valence-corrected chi connectivity index (χ0v) is 13.2. The monoisotopic (exact) mass is 308 g/mol. The molecule has 1 aliphatic carbocycles. The van der Waals surface area contributed by atoms with Crippen LogP contribution in [0.15, 0.2) is 47.4 Å². The van der Waals surface area contributed by atoms with Crippen LogP contribution in [0.2, 0.25) is 0 Å². The van der Waals surface area contributed by atoms with E-state index in [1.54, 1.807) is 0 Å². The molecule has 2 heterocycles. The van der Waals surface area contributed by atoms with Crippen molar-refractivity contribution in [1.82, 2.24) is 19.7 Å². The molecule has 1 unspecified atom stereocenters. The molecule has 3 aromatic rings. The number of imidazole rings is 1. The minimum atomic E-state index is 0.404. The van der Waals surface area contributed by atoms with E-state index in [2.05, 4.69) is 50.9 Å². The Morgan fingerprint density at radius 1 is 1.26 bits per heavy atom. The van der Waals surface area contributed by atoms with E-state index in [1.165, 1.54) is 18.4 Å². The van der Waals surface area contributed by atoms with E-state index in [0.717, 1.165) is 24.0 Å². The lowest BCUT2D eigenvalue weighted by molar-refractivity contribution is 0.373. The van der Waals surface area contributed by atoms with Crippen molar-refractivity contribution in [3.05, 3.63) is 65.8 Å². The summed E-state index contributed by atoms with van der Waals surface area (Å²) in [6.45, 7) is 2.99. The van der Waals surface area contributed by atoms with Crippen molar-refractivity contribution in [3.63, 3.8) is 0 Å². The third-order valence-corrected chi connectivity index (χ3v) is 4.55. The van der Waals surface area contributed by atoms with Gasteiger partial charge in [0.25, 0.3) is 0 Å². The van der Waals surface area contributed by atoms with Crippen molar-refractivity contribution < 1.29 is 4.52 Å². The highest BCUT2D eigenvalue weighted by molar-refractivity contribution is 5.17. The summed E-state index contributed by atoms with van der Waals surface area (Å²) in [6.07, 6.45) is 6.92. The molecule has 0 aliphatic heterocycles. The fraction of sp³-hybridized carbons (Fsp3) is 0.389. The highest BCUT2D eigenvalue weighted by atomic mass is 16.5. The summed E-state index contributed by atoms with van der Waals surface area (Å²) in [4.78, 5) is 8.84. The number of hydrogen-bond donors (Lipinski definition) is 0. The van der Waals surface area contributed by atoms with Crippen molar-refractivity contribution >= 4 is 0 Å². The van der Waals surface area contributed by atoms with Gasteiger partial charge >= 0.3 is 0 Å². The zero-order valence-electron chi connectivity index (χ0n) is 13.2. The van der Waals surface area contributed by atoms with Gasteiger partial charge in [-0.3, -0.25) is 0 Å². The van der Waals surface area contributed by atoms with Crippen molar-refractivity contribution in [2.75, 3.05) is 0 Å². The SMILES string of the molecule is CC(c1noc(Cc2cncn2Cc2ccccc2)n1)C1CC1. The Morgan fingerprint density at radius 3 is 2.87 bits per heavy atom. The van der Waals surface area contributed by atoms with Crippen molar-refractivity contribution in [1.29, 1.82) is 0 Å². The van der Waals surface area contributed by atoms with Crippen molar-refractivity contribution in [2.24, 2.45) is 5.92 Å². The molecule has 1 aromatic carbocycles. The summed E-state index contributed by atoms with van der Waals surface area (Å²) < 4.78 is 7.57. The van der Waals surface area contributed by atoms with Crippen molar-refractivity contribution in [2.45, 2.75) is 38.6 Å². The van der Waals surface area contributed by atoms with Gasteiger partial charge in [0.15, 0.2) is 5.82 Å². The molecule has 5 heteroatoms. The number of rotatable bonds is 6. The van der Waals surface area contributed by atoms with E-state index in [4.69, 9.17) is 4.52 Å². The van der Waals surface area contributed by atoms with Crippen LogP contribution in [0.1, 0.15) is 48.7 Å². The second kappa shape index (κ2) is 5.99. The second-order valence-corrected chi connectivity index (χ2v) is 6.35. The van der Waals surface area contributed by atoms with E-state index in [1.807, 2.05) is 18.6 Å². The highest BCUT2D eigenvalue weighted by Gasteiger charge is 2.32. The lowest BCUT2D eigenvalue weighted by Gasteiger charge is -2.06. The standard InChI is InChI=1S/C18H20N4O/c1-13(15-7-8-15)18-20-17(23-21-18)9-16-10-19-12-22(16)11-14-5-3-2-4-6-14/h2-6,10,12-13,15H,7-9,11H2,1H3. The Hall–Kier alpha value is -2.43. The number of benzene rings is 1. The summed E-state index contributed by atoms with van der Waals surface area (Å²) in [5.74, 6) is 2.66. The van der Waals surface area contributed by atoms with Crippen LogP contribution in [0, 0.1) is 5.92 Å². The zero-order chi connectivity index (χ0) is 15.6. The average molecular weight is 308 g/mol. The molecule has 1 atom stereocenters. The molecule has 118 valence electrons. The summed E-state index contributed by atoms with van der Waals surface area (Å²) in [6, 6.07) is 10.4. The molecule has 0 saturated heterocycles. The van der Waals surface area contributed by atoms with Gasteiger partial charge in [0.1, 0.15) is 0 Å². The lowest BCUT2D eigenvalue weighted by atomic mass is 10.1. The normalized spacial score (nSPS) is 15.7. The quantitative estimate of drug-likeness (QED) is 0.700. The molecular weight excluding hydrogens is 288 g/mol. The largest absolute Gasteiger partial charge is 0.339 e. The van der Waals surface area contributed by atoms with E-state index in [9.17, 15) is 0 Å². The molecule has 0 amide bonds. The smallest absolute Gasteiger partial charge is 0.232 e. The lowest BCUT2D eigenvalue weighted by Crippen LogP contribution is -2.04. The molecular formula is C18H20N4O. The fourth-order valence-electron chi connectivity index (χ4n) is 2.90. The molecule has 1 fully saturated rings. The summed E-state index contributed by atoms with van der Waals surface area (Å²) in [5.41, 5.74) is 2.34. The predicted molar refractivity (Wildman–Crippen MR) is 86.0 cm³/mol. The Morgan fingerprint density at radius 2 is 2.09 bits per heavy atom. The Balaban J connectivity index is 1.48. The van der Waals surface area contributed by atoms with E-state index < -0.39 is 0 Å². The van der Waals surface area contributed by atoms with Crippen LogP contribution in [0.5, 0.6) is 0 Å². The second-order valence-electron chi connectivity index (χ2n) is 6.35. The Bertz CT molecular complexity index is 773. The first kappa shape index (κ1) is 14.2. The van der Waals surface area contributed by atoms with Gasteiger partial charge in [0.05, 0.1) is 12.7 Å². The minimum Gasteiger partial charge on any atom is -0.339 e. The van der Waals surface area contributed by atoms with Crippen LogP contribution in [-0.2, 0) is 13.0 Å². The first-order valence-corrected chi connectivity index (χ1v) is 8.15. The van der Waals surface area contributed by atoms with Crippen LogP contribution in [0.25, 0.3) is 0 Å². The molecule has 5 nitrogen and oxygen atoms in total. The third-order valence-electron chi connectivity index (χ3n) is 4.55. The highest BCUT2D eigenvalue weighted by Crippen LogP contribution is 2.41. The van der Waals surface area contributed by atoms with Crippen LogP contribution in [0.3, 0.4) is 0 Å². The number of aromatic nitrogens is 4. The van der Waals surface area contributed by atoms with Crippen LogP contribution >= 0.6 is 0 Å². The number of nitrogens with zero attached hydrogens (tertiary/aromatic N) is 4. The van der Waals surface area contributed by atoms with Gasteiger partial charge in [0.2, 0.25) is 5.89 Å². The van der Waals surface area contributed by atoms with Crippen LogP contribution in [-0.4, -0.2) is 19.7 Å². The van der Waals surface area contributed by atoms with Gasteiger partial charge in [0, 0.05) is 24.4 Å². The van der Waals surface area contributed by atoms with Gasteiger partial charge in [-0.05, 0) is 24.3 Å². The topological polar surface area (TPSA) is 56.7 Å². The molecule has 0 spiro atoms. The first-order chi connectivity index (χ1) is 11.3. The van der Waals surface area contributed by atoms with Gasteiger partial charge in [-0.2, -0.15) is 4.98 Å². The summed E-state index contributed by atoms with van der Waals surface area (Å²) >= 11 is 0. The van der Waals surface area contributed by atoms with Gasteiger partial charge in [-0.25, -0.2) is 4.98 Å². The maximum Gasteiger partial charge on any atom is 0.232 e. The van der Waals surface area contributed by atoms with Gasteiger partial charge < -0.3 is 9.09 Å². The predicted octanol–water partition coefficient (Wildman–Crippen LogP) is 3.42. The molecule has 23 heavy (non-hydrogen) atoms. The number of hydrogen-bond acceptors (Lipinski definition) is 4. The Labute approximate surface area is 135 Å². The van der Waals surface area contributed by atoms with E-state index in [-0.39, 0.29) is 0 Å². The average Bonchev–Trinajstić information content (AvgIpc) is 3.18. The summed E-state index contributed by atoms with van der Waals surface area (Å²) in [7, 11) is 0. The molecule has 4 rings (SSSR count). The third kappa shape index (κ3) is 3.18. The van der Waals surface area contributed by atoms with Gasteiger partial charge in [-0.1, -0.05) is 42.4 Å². The molecule has 1 aliphatic rings. The molecule has 1 saturated carbocycles. The minimum absolute atomic E-state index is 0.404. The maximum absolute atomic E-state index is 5.44. The molecule has 0 radical (unpaired) electrons. The van der Waals surface area contributed by atoms with Crippen LogP contribution in [0.4, 0.5) is 0 Å². The molecule has 0 bridgehead atoms. The first-order valence-electron chi connectivity index (χ1n) is 8.15. The van der Waals surface area contributed by atoms with Crippen molar-refractivity contribution in [3.8, 4) is 0 Å². The van der Waals surface area contributed by atoms with E-state index >= 15 is 0 Å². The molecule has 0 N–H and O–H groups in total. The Kier molecular flexibility index (Phi) is 3.69. The fourth-order valence-corrected chi connectivity index (χ4v) is 2.90. The van der Waals surface area contributed by atoms with Crippen LogP contribution < -0.4 is 0 Å². The van der Waals surface area contributed by atoms with E-state index in [0.29, 0.717) is 18.2 Å². The van der Waals surface area contributed by atoms with Gasteiger partial charge in [-0.15, -0.1) is 0 Å². The summed E-state index contributed by atoms with van der Waals surface area (Å²) in [5, 5.41) is 4.16. The molecule has 2 aromatic heterocycles. The maximum atomic E-state index is 5.44.